The molecule has 0 aliphatic rings. The Kier molecular flexibility index (Phi) is 5.27. The number of fused-ring (bicyclic) bond motifs is 1. The monoisotopic (exact) mass is 422 g/mol. The van der Waals surface area contributed by atoms with Crippen LogP contribution in [-0.4, -0.2) is 33.8 Å². The standard InChI is InChI=1S/C17H13F3N6O4/c1-22-16(21)25-15(27)12-5-10-11(17(18,19)20)2-3-13(14(10)24-12)30-9-4-8(26(28)29)6-23-7-9/h2-7,24H,1H3,(H3,21,22,25,27). The lowest BCUT2D eigenvalue weighted by atomic mass is 10.1. The van der Waals surface area contributed by atoms with E-state index in [1.165, 1.54) is 7.05 Å². The fraction of sp³-hybridized carbons (Fsp3) is 0.118. The summed E-state index contributed by atoms with van der Waals surface area (Å²) in [4.78, 5) is 32.1. The van der Waals surface area contributed by atoms with E-state index in [0.29, 0.717) is 0 Å². The van der Waals surface area contributed by atoms with E-state index in [0.717, 1.165) is 36.7 Å². The number of hydrogen-bond donors (Lipinski definition) is 3. The molecule has 3 aromatic rings. The zero-order valence-corrected chi connectivity index (χ0v) is 15.1. The molecule has 0 bridgehead atoms. The van der Waals surface area contributed by atoms with Gasteiger partial charge in [-0.1, -0.05) is 0 Å². The highest BCUT2D eigenvalue weighted by molar-refractivity contribution is 6.05. The predicted octanol–water partition coefficient (Wildman–Crippen LogP) is 2.96. The average Bonchev–Trinajstić information content (AvgIpc) is 3.13. The van der Waals surface area contributed by atoms with Gasteiger partial charge in [-0.25, -0.2) is 0 Å². The molecule has 0 saturated heterocycles. The maximum absolute atomic E-state index is 13.4. The van der Waals surface area contributed by atoms with Gasteiger partial charge >= 0.3 is 6.18 Å². The molecule has 0 saturated carbocycles. The molecule has 1 aromatic carbocycles. The number of pyridine rings is 1. The minimum atomic E-state index is -4.71. The molecule has 0 unspecified atom stereocenters. The van der Waals surface area contributed by atoms with Crippen molar-refractivity contribution < 1.29 is 27.6 Å². The number of carbonyl (C=O) groups excluding carboxylic acids is 1. The van der Waals surface area contributed by atoms with E-state index in [1.54, 1.807) is 0 Å². The molecule has 0 fully saturated rings. The fourth-order valence-corrected chi connectivity index (χ4v) is 2.56. The molecule has 13 heteroatoms. The summed E-state index contributed by atoms with van der Waals surface area (Å²) in [5, 5.41) is 13.0. The molecule has 10 nitrogen and oxygen atoms in total. The Hall–Kier alpha value is -4.16. The summed E-state index contributed by atoms with van der Waals surface area (Å²) >= 11 is 0. The number of aromatic nitrogens is 2. The van der Waals surface area contributed by atoms with Crippen LogP contribution >= 0.6 is 0 Å². The number of nitrogens with one attached hydrogen (secondary N) is 2. The van der Waals surface area contributed by atoms with Crippen molar-refractivity contribution in [2.75, 3.05) is 7.05 Å². The summed E-state index contributed by atoms with van der Waals surface area (Å²) in [7, 11) is 1.41. The van der Waals surface area contributed by atoms with Gasteiger partial charge in [-0.15, -0.1) is 0 Å². The van der Waals surface area contributed by atoms with Gasteiger partial charge in [0, 0.05) is 12.4 Å². The van der Waals surface area contributed by atoms with Crippen molar-refractivity contribution in [3.63, 3.8) is 0 Å². The zero-order chi connectivity index (χ0) is 22.1. The van der Waals surface area contributed by atoms with Crippen molar-refractivity contribution in [1.29, 1.82) is 0 Å². The van der Waals surface area contributed by atoms with Crippen molar-refractivity contribution in [3.8, 4) is 11.5 Å². The molecule has 3 rings (SSSR count). The number of benzene rings is 1. The number of nitrogens with zero attached hydrogens (tertiary/aromatic N) is 3. The number of ether oxygens (including phenoxy) is 1. The number of H-pyrrole nitrogens is 1. The van der Waals surface area contributed by atoms with Gasteiger partial charge in [0.2, 0.25) is 0 Å². The predicted molar refractivity (Wildman–Crippen MR) is 99.3 cm³/mol. The number of aromatic amines is 1. The Morgan fingerprint density at radius 2 is 2.07 bits per heavy atom. The van der Waals surface area contributed by atoms with Gasteiger partial charge in [-0.05, 0) is 18.2 Å². The summed E-state index contributed by atoms with van der Waals surface area (Å²) in [5.74, 6) is -1.32. The number of amides is 1. The third-order valence-electron chi connectivity index (χ3n) is 3.91. The molecule has 156 valence electrons. The van der Waals surface area contributed by atoms with Crippen LogP contribution in [-0.2, 0) is 6.18 Å². The van der Waals surface area contributed by atoms with Crippen LogP contribution in [0.15, 0.2) is 41.7 Å². The summed E-state index contributed by atoms with van der Waals surface area (Å²) in [6.45, 7) is 0. The molecule has 2 aromatic heterocycles. The van der Waals surface area contributed by atoms with E-state index >= 15 is 0 Å². The lowest BCUT2D eigenvalue weighted by Crippen LogP contribution is -2.28. The highest BCUT2D eigenvalue weighted by Crippen LogP contribution is 2.40. The van der Waals surface area contributed by atoms with E-state index in [4.69, 9.17) is 10.5 Å². The second-order valence-corrected chi connectivity index (χ2v) is 5.87. The number of hydrogen-bond acceptors (Lipinski definition) is 5. The van der Waals surface area contributed by atoms with Gasteiger partial charge in [-0.3, -0.25) is 19.9 Å². The maximum Gasteiger partial charge on any atom is 0.417 e. The van der Waals surface area contributed by atoms with Gasteiger partial charge in [-0.2, -0.15) is 18.2 Å². The van der Waals surface area contributed by atoms with Gasteiger partial charge in [0.1, 0.15) is 11.9 Å². The van der Waals surface area contributed by atoms with E-state index in [-0.39, 0.29) is 39.7 Å². The van der Waals surface area contributed by atoms with Crippen LogP contribution in [0.4, 0.5) is 18.9 Å². The first-order valence-corrected chi connectivity index (χ1v) is 8.16. The number of aliphatic imine (C=N–C) groups is 1. The van der Waals surface area contributed by atoms with Crippen molar-refractivity contribution in [3.05, 3.63) is 58.0 Å². The molecular formula is C17H13F3N6O4. The first-order valence-electron chi connectivity index (χ1n) is 8.16. The molecule has 0 spiro atoms. The van der Waals surface area contributed by atoms with Crippen LogP contribution in [0.3, 0.4) is 0 Å². The lowest BCUT2D eigenvalue weighted by Gasteiger charge is -2.11. The molecule has 2 heterocycles. The van der Waals surface area contributed by atoms with Crippen molar-refractivity contribution in [2.24, 2.45) is 10.7 Å². The third-order valence-corrected chi connectivity index (χ3v) is 3.91. The van der Waals surface area contributed by atoms with Gasteiger partial charge < -0.3 is 20.8 Å². The first-order chi connectivity index (χ1) is 14.1. The van der Waals surface area contributed by atoms with Crippen LogP contribution in [0.1, 0.15) is 16.1 Å². The Balaban J connectivity index is 2.12. The van der Waals surface area contributed by atoms with E-state index < -0.39 is 22.6 Å². The fourth-order valence-electron chi connectivity index (χ4n) is 2.56. The van der Waals surface area contributed by atoms with Crippen molar-refractivity contribution >= 4 is 28.5 Å². The molecule has 0 aliphatic carbocycles. The van der Waals surface area contributed by atoms with Crippen molar-refractivity contribution in [2.45, 2.75) is 6.18 Å². The van der Waals surface area contributed by atoms with Gasteiger partial charge in [0.05, 0.1) is 28.3 Å². The molecule has 0 radical (unpaired) electrons. The number of nitrogens with two attached hydrogens (primary N) is 1. The number of alkyl halides is 3. The summed E-state index contributed by atoms with van der Waals surface area (Å²) in [6, 6.07) is 3.84. The highest BCUT2D eigenvalue weighted by atomic mass is 19.4. The number of carbonyl (C=O) groups is 1. The summed E-state index contributed by atoms with van der Waals surface area (Å²) < 4.78 is 45.7. The second-order valence-electron chi connectivity index (χ2n) is 5.87. The molecule has 0 atom stereocenters. The lowest BCUT2D eigenvalue weighted by molar-refractivity contribution is -0.385. The first kappa shape index (κ1) is 20.6. The Morgan fingerprint density at radius 1 is 1.33 bits per heavy atom. The third kappa shape index (κ3) is 4.14. The largest absolute Gasteiger partial charge is 0.453 e. The van der Waals surface area contributed by atoms with Crippen LogP contribution in [0.5, 0.6) is 11.5 Å². The van der Waals surface area contributed by atoms with Crippen molar-refractivity contribution in [1.82, 2.24) is 15.3 Å². The number of guanidine groups is 1. The topological polar surface area (TPSA) is 149 Å². The number of rotatable bonds is 4. The molecule has 0 aliphatic heterocycles. The van der Waals surface area contributed by atoms with Gasteiger partial charge in [0.25, 0.3) is 11.6 Å². The summed E-state index contributed by atoms with van der Waals surface area (Å²) in [5.41, 5.74) is 3.62. The molecule has 1 amide bonds. The van der Waals surface area contributed by atoms with Crippen LogP contribution in [0.2, 0.25) is 0 Å². The number of halogens is 3. The number of nitro groups is 1. The maximum atomic E-state index is 13.4. The molecule has 4 N–H and O–H groups in total. The summed E-state index contributed by atoms with van der Waals surface area (Å²) in [6.07, 6.45) is -2.56. The van der Waals surface area contributed by atoms with E-state index in [2.05, 4.69) is 20.3 Å². The normalized spacial score (nSPS) is 12.1. The molecule has 30 heavy (non-hydrogen) atoms. The average molecular weight is 422 g/mol. The minimum Gasteiger partial charge on any atom is -0.453 e. The van der Waals surface area contributed by atoms with E-state index in [9.17, 15) is 28.1 Å². The Labute approximate surface area is 165 Å². The quantitative estimate of drug-likeness (QED) is 0.253. The second kappa shape index (κ2) is 7.69. The van der Waals surface area contributed by atoms with Gasteiger partial charge in [0.15, 0.2) is 17.5 Å². The van der Waals surface area contributed by atoms with Crippen LogP contribution in [0, 0.1) is 10.1 Å². The minimum absolute atomic E-state index is 0.0785. The van der Waals surface area contributed by atoms with E-state index in [1.807, 2.05) is 0 Å². The SMILES string of the molecule is CNC(N)=NC(=O)c1cc2c(C(F)(F)F)ccc(Oc3cncc([N+](=O)[O-])c3)c2[nH]1. The smallest absolute Gasteiger partial charge is 0.417 e. The van der Waals surface area contributed by atoms with Crippen LogP contribution in [0.25, 0.3) is 10.9 Å². The molecular weight excluding hydrogens is 409 g/mol. The van der Waals surface area contributed by atoms with Crippen LogP contribution < -0.4 is 15.8 Å². The Bertz CT molecular complexity index is 1170. The Morgan fingerprint density at radius 3 is 2.70 bits per heavy atom. The zero-order valence-electron chi connectivity index (χ0n) is 15.1. The highest BCUT2D eigenvalue weighted by Gasteiger charge is 2.34.